The molecule has 1 nitrogen and oxygen atoms in total. The van der Waals surface area contributed by atoms with Gasteiger partial charge in [-0.1, -0.05) is 140 Å². The lowest BCUT2D eigenvalue weighted by Gasteiger charge is -2.21. The Bertz CT molecular complexity index is 2780. The maximum absolute atomic E-state index is 3.98. The molecule has 224 valence electrons. The molecule has 0 aliphatic heterocycles. The first-order chi connectivity index (χ1) is 23.8. The van der Waals surface area contributed by atoms with Crippen molar-refractivity contribution in [2.24, 2.45) is 0 Å². The maximum Gasteiger partial charge on any atom is 0.0541 e. The van der Waals surface area contributed by atoms with Crippen molar-refractivity contribution in [3.8, 4) is 27.9 Å². The van der Waals surface area contributed by atoms with Gasteiger partial charge in [-0.3, -0.25) is 0 Å². The zero-order chi connectivity index (χ0) is 31.8. The summed E-state index contributed by atoms with van der Waals surface area (Å²) in [5.74, 6) is 0. The Morgan fingerprint density at radius 2 is 0.708 bits per heavy atom. The minimum atomic E-state index is 1.14. The third kappa shape index (κ3) is 3.90. The van der Waals surface area contributed by atoms with Gasteiger partial charge >= 0.3 is 0 Å². The van der Waals surface area contributed by atoms with Gasteiger partial charge in [0.15, 0.2) is 0 Å². The molecular formula is C46H28BrN. The summed E-state index contributed by atoms with van der Waals surface area (Å²) in [5.41, 5.74) is 8.66. The van der Waals surface area contributed by atoms with Crippen LogP contribution < -0.4 is 0 Å². The number of rotatable bonds is 3. The second-order valence-corrected chi connectivity index (χ2v) is 13.3. The molecule has 1 heterocycles. The van der Waals surface area contributed by atoms with Crippen molar-refractivity contribution in [2.45, 2.75) is 0 Å². The lowest BCUT2D eigenvalue weighted by atomic mass is 9.83. The van der Waals surface area contributed by atoms with E-state index in [0.717, 1.165) is 4.47 Å². The Morgan fingerprint density at radius 3 is 1.25 bits per heavy atom. The van der Waals surface area contributed by atoms with Gasteiger partial charge < -0.3 is 4.57 Å². The number of benzene rings is 9. The van der Waals surface area contributed by atoms with E-state index in [-0.39, 0.29) is 0 Å². The number of aromatic nitrogens is 1. The van der Waals surface area contributed by atoms with Crippen LogP contribution in [0.2, 0.25) is 0 Å². The molecule has 0 saturated heterocycles. The van der Waals surface area contributed by atoms with Gasteiger partial charge in [-0.25, -0.2) is 0 Å². The van der Waals surface area contributed by atoms with Crippen molar-refractivity contribution >= 4 is 80.8 Å². The maximum atomic E-state index is 3.98. The Kier molecular flexibility index (Phi) is 6.09. The minimum absolute atomic E-state index is 1.14. The number of hydrogen-bond acceptors (Lipinski definition) is 0. The van der Waals surface area contributed by atoms with E-state index in [0.29, 0.717) is 0 Å². The first-order valence-corrected chi connectivity index (χ1v) is 17.2. The molecule has 0 fully saturated rings. The molecule has 0 spiro atoms. The molecule has 0 aliphatic carbocycles. The standard InChI is InChI=1S/C46H28BrN/c47-46-38-23-10-8-21-36(38)45(37-22-9-11-24-39(37)46)44-34-19-6-4-17-32(34)43(33-18-5-7-20-35(33)44)29-26-27-42-40(28-29)31-16-12-13-25-41(31)48(42)30-14-2-1-3-15-30/h1-28H. The van der Waals surface area contributed by atoms with E-state index in [4.69, 9.17) is 0 Å². The van der Waals surface area contributed by atoms with E-state index < -0.39 is 0 Å². The molecule has 0 saturated carbocycles. The summed E-state index contributed by atoms with van der Waals surface area (Å²) < 4.78 is 3.53. The number of para-hydroxylation sites is 2. The van der Waals surface area contributed by atoms with E-state index in [2.05, 4.69) is 190 Å². The zero-order valence-electron chi connectivity index (χ0n) is 26.0. The second-order valence-electron chi connectivity index (χ2n) is 12.5. The van der Waals surface area contributed by atoms with Gasteiger partial charge in [-0.2, -0.15) is 0 Å². The average Bonchev–Trinajstić information content (AvgIpc) is 3.48. The summed E-state index contributed by atoms with van der Waals surface area (Å²) >= 11 is 3.98. The molecule has 0 aliphatic rings. The van der Waals surface area contributed by atoms with Crippen molar-refractivity contribution in [3.63, 3.8) is 0 Å². The molecule has 2 heteroatoms. The highest BCUT2D eigenvalue weighted by Gasteiger charge is 2.22. The fourth-order valence-electron chi connectivity index (χ4n) is 8.04. The first-order valence-electron chi connectivity index (χ1n) is 16.4. The largest absolute Gasteiger partial charge is 0.309 e. The normalized spacial score (nSPS) is 11.9. The molecule has 0 atom stereocenters. The number of nitrogens with zero attached hydrogens (tertiary/aromatic N) is 1. The van der Waals surface area contributed by atoms with Gasteiger partial charge in [0, 0.05) is 20.9 Å². The molecule has 10 rings (SSSR count). The number of halogens is 1. The van der Waals surface area contributed by atoms with Crippen LogP contribution in [0, 0.1) is 0 Å². The molecule has 0 amide bonds. The van der Waals surface area contributed by atoms with Crippen LogP contribution in [-0.4, -0.2) is 4.57 Å². The van der Waals surface area contributed by atoms with Gasteiger partial charge in [0.2, 0.25) is 0 Å². The molecule has 0 unspecified atom stereocenters. The van der Waals surface area contributed by atoms with Gasteiger partial charge in [0.05, 0.1) is 11.0 Å². The molecule has 1 aromatic heterocycles. The second kappa shape index (κ2) is 10.7. The Morgan fingerprint density at radius 1 is 0.312 bits per heavy atom. The molecular weight excluding hydrogens is 646 g/mol. The van der Waals surface area contributed by atoms with Crippen molar-refractivity contribution in [1.29, 1.82) is 0 Å². The highest BCUT2D eigenvalue weighted by Crippen LogP contribution is 2.49. The van der Waals surface area contributed by atoms with E-state index in [1.807, 2.05) is 0 Å². The van der Waals surface area contributed by atoms with Crippen molar-refractivity contribution in [1.82, 2.24) is 4.57 Å². The van der Waals surface area contributed by atoms with Crippen LogP contribution in [-0.2, 0) is 0 Å². The number of fused-ring (bicyclic) bond motifs is 7. The topological polar surface area (TPSA) is 4.93 Å². The third-order valence-corrected chi connectivity index (χ3v) is 10.9. The molecule has 0 N–H and O–H groups in total. The smallest absolute Gasteiger partial charge is 0.0541 e. The monoisotopic (exact) mass is 673 g/mol. The lowest BCUT2D eigenvalue weighted by Crippen LogP contribution is -1.94. The molecule has 48 heavy (non-hydrogen) atoms. The fraction of sp³-hybridized carbons (Fsp3) is 0. The third-order valence-electron chi connectivity index (χ3n) is 10.0. The van der Waals surface area contributed by atoms with E-state index in [1.54, 1.807) is 0 Å². The summed E-state index contributed by atoms with van der Waals surface area (Å²) in [6.45, 7) is 0. The average molecular weight is 675 g/mol. The van der Waals surface area contributed by atoms with Gasteiger partial charge in [-0.15, -0.1) is 0 Å². The van der Waals surface area contributed by atoms with Crippen molar-refractivity contribution in [3.05, 3.63) is 174 Å². The molecule has 0 bridgehead atoms. The predicted molar refractivity (Wildman–Crippen MR) is 209 cm³/mol. The first kappa shape index (κ1) is 27.4. The fourth-order valence-corrected chi connectivity index (χ4v) is 8.73. The van der Waals surface area contributed by atoms with Crippen LogP contribution >= 0.6 is 15.9 Å². The van der Waals surface area contributed by atoms with Gasteiger partial charge in [-0.05, 0) is 112 Å². The molecule has 9 aromatic carbocycles. The van der Waals surface area contributed by atoms with Crippen molar-refractivity contribution in [2.75, 3.05) is 0 Å². The minimum Gasteiger partial charge on any atom is -0.309 e. The van der Waals surface area contributed by atoms with E-state index in [9.17, 15) is 0 Å². The van der Waals surface area contributed by atoms with Crippen LogP contribution in [0.4, 0.5) is 0 Å². The summed E-state index contributed by atoms with van der Waals surface area (Å²) in [4.78, 5) is 0. The van der Waals surface area contributed by atoms with Gasteiger partial charge in [0.25, 0.3) is 0 Å². The van der Waals surface area contributed by atoms with E-state index >= 15 is 0 Å². The number of hydrogen-bond donors (Lipinski definition) is 0. The quantitative estimate of drug-likeness (QED) is 0.164. The highest BCUT2D eigenvalue weighted by atomic mass is 79.9. The SMILES string of the molecule is Brc1c2ccccc2c(-c2c3ccccc3c(-c3ccc4c(c3)c3ccccc3n4-c3ccccc3)c3ccccc23)c2ccccc12. The molecule has 0 radical (unpaired) electrons. The van der Waals surface area contributed by atoms with Crippen LogP contribution in [0.25, 0.3) is 92.8 Å². The van der Waals surface area contributed by atoms with E-state index in [1.165, 1.54) is 92.8 Å². The van der Waals surface area contributed by atoms with Crippen LogP contribution in [0.1, 0.15) is 0 Å². The van der Waals surface area contributed by atoms with Gasteiger partial charge in [0.1, 0.15) is 0 Å². The zero-order valence-corrected chi connectivity index (χ0v) is 27.6. The molecule has 10 aromatic rings. The van der Waals surface area contributed by atoms with Crippen LogP contribution in [0.5, 0.6) is 0 Å². The predicted octanol–water partition coefficient (Wildman–Crippen LogP) is 13.5. The lowest BCUT2D eigenvalue weighted by molar-refractivity contribution is 1.18. The van der Waals surface area contributed by atoms with Crippen molar-refractivity contribution < 1.29 is 0 Å². The summed E-state index contributed by atoms with van der Waals surface area (Å²) in [6.07, 6.45) is 0. The summed E-state index contributed by atoms with van der Waals surface area (Å²) in [5, 5.41) is 12.5. The summed E-state index contributed by atoms with van der Waals surface area (Å²) in [7, 11) is 0. The Balaban J connectivity index is 1.34. The van der Waals surface area contributed by atoms with Crippen LogP contribution in [0.3, 0.4) is 0 Å². The Labute approximate surface area is 286 Å². The Hall–Kier alpha value is -5.70. The highest BCUT2D eigenvalue weighted by molar-refractivity contribution is 9.10. The van der Waals surface area contributed by atoms with Crippen LogP contribution in [0.15, 0.2) is 174 Å². The summed E-state index contributed by atoms with van der Waals surface area (Å²) in [6, 6.07) is 62.1.